The maximum absolute atomic E-state index is 3.71. The second kappa shape index (κ2) is 8.37. The van der Waals surface area contributed by atoms with E-state index in [0.29, 0.717) is 6.04 Å². The molecule has 0 heterocycles. The molecule has 0 bridgehead atoms. The van der Waals surface area contributed by atoms with E-state index in [0.717, 1.165) is 12.5 Å². The van der Waals surface area contributed by atoms with Crippen LogP contribution in [0, 0.1) is 19.8 Å². The Morgan fingerprint density at radius 2 is 1.89 bits per heavy atom. The molecular formula is C18H31N. The van der Waals surface area contributed by atoms with Crippen molar-refractivity contribution in [1.82, 2.24) is 5.32 Å². The Hall–Kier alpha value is -0.820. The van der Waals surface area contributed by atoms with Crippen LogP contribution in [-0.4, -0.2) is 12.6 Å². The molecule has 0 saturated carbocycles. The lowest BCUT2D eigenvalue weighted by Gasteiger charge is -2.21. The van der Waals surface area contributed by atoms with Crippen LogP contribution in [0.4, 0.5) is 0 Å². The van der Waals surface area contributed by atoms with Crippen LogP contribution in [0.25, 0.3) is 0 Å². The quantitative estimate of drug-likeness (QED) is 0.718. The van der Waals surface area contributed by atoms with Gasteiger partial charge >= 0.3 is 0 Å². The van der Waals surface area contributed by atoms with Gasteiger partial charge < -0.3 is 5.32 Å². The zero-order valence-electron chi connectivity index (χ0n) is 13.4. The number of hydrogen-bond acceptors (Lipinski definition) is 1. The molecule has 0 amide bonds. The van der Waals surface area contributed by atoms with E-state index in [1.807, 2.05) is 0 Å². The molecule has 0 fully saturated rings. The van der Waals surface area contributed by atoms with Crippen molar-refractivity contribution >= 4 is 0 Å². The first-order chi connectivity index (χ1) is 9.02. The molecule has 1 atom stereocenters. The van der Waals surface area contributed by atoms with Gasteiger partial charge in [-0.1, -0.05) is 44.5 Å². The van der Waals surface area contributed by atoms with Crippen LogP contribution in [0.15, 0.2) is 18.2 Å². The van der Waals surface area contributed by atoms with Crippen molar-refractivity contribution in [2.45, 2.75) is 66.3 Å². The van der Waals surface area contributed by atoms with Crippen molar-refractivity contribution in [3.63, 3.8) is 0 Å². The second-order valence-electron chi connectivity index (χ2n) is 6.25. The highest BCUT2D eigenvalue weighted by molar-refractivity contribution is 5.30. The Bertz CT molecular complexity index is 368. The van der Waals surface area contributed by atoms with Gasteiger partial charge in [0, 0.05) is 6.04 Å². The van der Waals surface area contributed by atoms with Crippen LogP contribution in [0.3, 0.4) is 0 Å². The number of rotatable bonds is 8. The minimum absolute atomic E-state index is 0.667. The molecule has 0 spiro atoms. The third-order valence-electron chi connectivity index (χ3n) is 3.71. The van der Waals surface area contributed by atoms with Crippen molar-refractivity contribution in [3.8, 4) is 0 Å². The molecule has 0 aromatic heterocycles. The van der Waals surface area contributed by atoms with Crippen LogP contribution in [0.2, 0.25) is 0 Å². The van der Waals surface area contributed by atoms with E-state index >= 15 is 0 Å². The first kappa shape index (κ1) is 16.2. The molecule has 0 radical (unpaired) electrons. The SMILES string of the molecule is CCCNC(CCc1cc(C)ccc1C)CC(C)C. The van der Waals surface area contributed by atoms with Crippen molar-refractivity contribution in [1.29, 1.82) is 0 Å². The van der Waals surface area contributed by atoms with Crippen LogP contribution in [-0.2, 0) is 6.42 Å². The summed E-state index contributed by atoms with van der Waals surface area (Å²) in [5, 5.41) is 3.71. The molecule has 0 aliphatic heterocycles. The maximum Gasteiger partial charge on any atom is 0.00726 e. The normalized spacial score (nSPS) is 12.9. The lowest BCUT2D eigenvalue weighted by Crippen LogP contribution is -2.31. The van der Waals surface area contributed by atoms with Gasteiger partial charge in [0.15, 0.2) is 0 Å². The highest BCUT2D eigenvalue weighted by Crippen LogP contribution is 2.16. The lowest BCUT2D eigenvalue weighted by molar-refractivity contribution is 0.398. The maximum atomic E-state index is 3.71. The first-order valence-corrected chi connectivity index (χ1v) is 7.82. The Balaban J connectivity index is 2.56. The number of benzene rings is 1. The average Bonchev–Trinajstić information content (AvgIpc) is 2.36. The summed E-state index contributed by atoms with van der Waals surface area (Å²) in [7, 11) is 0. The first-order valence-electron chi connectivity index (χ1n) is 7.82. The van der Waals surface area contributed by atoms with Gasteiger partial charge in [-0.15, -0.1) is 0 Å². The molecule has 108 valence electrons. The fourth-order valence-corrected chi connectivity index (χ4v) is 2.62. The van der Waals surface area contributed by atoms with Crippen LogP contribution >= 0.6 is 0 Å². The minimum Gasteiger partial charge on any atom is -0.314 e. The summed E-state index contributed by atoms with van der Waals surface area (Å²) in [6, 6.07) is 7.48. The monoisotopic (exact) mass is 261 g/mol. The van der Waals surface area contributed by atoms with E-state index in [1.54, 1.807) is 0 Å². The molecule has 1 heteroatoms. The standard InChI is InChI=1S/C18H31N/c1-6-11-19-18(12-14(2)3)10-9-17-13-15(4)7-8-16(17)5/h7-8,13-14,18-19H,6,9-12H2,1-5H3. The molecule has 0 saturated heterocycles. The highest BCUT2D eigenvalue weighted by Gasteiger charge is 2.11. The third kappa shape index (κ3) is 6.24. The van der Waals surface area contributed by atoms with E-state index in [4.69, 9.17) is 0 Å². The van der Waals surface area contributed by atoms with Gasteiger partial charge in [0.2, 0.25) is 0 Å². The fraction of sp³-hybridized carbons (Fsp3) is 0.667. The summed E-state index contributed by atoms with van der Waals surface area (Å²) in [5.41, 5.74) is 4.33. The van der Waals surface area contributed by atoms with Crippen molar-refractivity contribution in [2.24, 2.45) is 5.92 Å². The van der Waals surface area contributed by atoms with Gasteiger partial charge in [-0.05, 0) is 63.1 Å². The summed E-state index contributed by atoms with van der Waals surface area (Å²) in [5.74, 6) is 0.771. The molecule has 19 heavy (non-hydrogen) atoms. The summed E-state index contributed by atoms with van der Waals surface area (Å²) in [4.78, 5) is 0. The predicted octanol–water partition coefficient (Wildman–Crippen LogP) is 4.65. The zero-order valence-corrected chi connectivity index (χ0v) is 13.4. The Labute approximate surface area is 119 Å². The van der Waals surface area contributed by atoms with E-state index < -0.39 is 0 Å². The van der Waals surface area contributed by atoms with E-state index in [9.17, 15) is 0 Å². The van der Waals surface area contributed by atoms with Crippen molar-refractivity contribution in [2.75, 3.05) is 6.54 Å². The number of hydrogen-bond donors (Lipinski definition) is 1. The molecule has 1 nitrogen and oxygen atoms in total. The molecule has 1 N–H and O–H groups in total. The van der Waals surface area contributed by atoms with Gasteiger partial charge in [-0.2, -0.15) is 0 Å². The average molecular weight is 261 g/mol. The largest absolute Gasteiger partial charge is 0.314 e. The van der Waals surface area contributed by atoms with Gasteiger partial charge in [-0.25, -0.2) is 0 Å². The summed E-state index contributed by atoms with van der Waals surface area (Å²) < 4.78 is 0. The molecule has 0 aliphatic rings. The predicted molar refractivity (Wildman–Crippen MR) is 85.8 cm³/mol. The van der Waals surface area contributed by atoms with E-state index in [1.165, 1.54) is 42.4 Å². The fourth-order valence-electron chi connectivity index (χ4n) is 2.62. The Kier molecular flexibility index (Phi) is 7.15. The summed E-state index contributed by atoms with van der Waals surface area (Å²) >= 11 is 0. The van der Waals surface area contributed by atoms with Gasteiger partial charge in [0.05, 0.1) is 0 Å². The van der Waals surface area contributed by atoms with Gasteiger partial charge in [0.25, 0.3) is 0 Å². The molecule has 1 aromatic rings. The van der Waals surface area contributed by atoms with E-state index in [-0.39, 0.29) is 0 Å². The molecule has 1 rings (SSSR count). The molecular weight excluding hydrogens is 230 g/mol. The Morgan fingerprint density at radius 3 is 2.53 bits per heavy atom. The van der Waals surface area contributed by atoms with Crippen LogP contribution < -0.4 is 5.32 Å². The summed E-state index contributed by atoms with van der Waals surface area (Å²) in [6.45, 7) is 12.4. The Morgan fingerprint density at radius 1 is 1.16 bits per heavy atom. The van der Waals surface area contributed by atoms with Crippen LogP contribution in [0.1, 0.15) is 56.7 Å². The summed E-state index contributed by atoms with van der Waals surface area (Å²) in [6.07, 6.45) is 4.95. The van der Waals surface area contributed by atoms with Crippen molar-refractivity contribution < 1.29 is 0 Å². The van der Waals surface area contributed by atoms with Gasteiger partial charge in [0.1, 0.15) is 0 Å². The number of nitrogens with one attached hydrogen (secondary N) is 1. The lowest BCUT2D eigenvalue weighted by atomic mass is 9.95. The molecule has 1 aromatic carbocycles. The van der Waals surface area contributed by atoms with Crippen molar-refractivity contribution in [3.05, 3.63) is 34.9 Å². The molecule has 1 unspecified atom stereocenters. The highest BCUT2D eigenvalue weighted by atomic mass is 14.9. The zero-order chi connectivity index (χ0) is 14.3. The van der Waals surface area contributed by atoms with E-state index in [2.05, 4.69) is 58.1 Å². The van der Waals surface area contributed by atoms with Crippen LogP contribution in [0.5, 0.6) is 0 Å². The molecule has 0 aliphatic carbocycles. The number of aryl methyl sites for hydroxylation is 3. The minimum atomic E-state index is 0.667. The third-order valence-corrected chi connectivity index (χ3v) is 3.71. The topological polar surface area (TPSA) is 12.0 Å². The van der Waals surface area contributed by atoms with Gasteiger partial charge in [-0.3, -0.25) is 0 Å². The second-order valence-corrected chi connectivity index (χ2v) is 6.25. The smallest absolute Gasteiger partial charge is 0.00726 e.